The minimum atomic E-state index is -0.0968. The lowest BCUT2D eigenvalue weighted by atomic mass is 10.1. The summed E-state index contributed by atoms with van der Waals surface area (Å²) in [6.45, 7) is 1.91. The summed E-state index contributed by atoms with van der Waals surface area (Å²) >= 11 is 7.06. The number of amides is 1. The molecule has 20 heavy (non-hydrogen) atoms. The molecule has 1 aromatic heterocycles. The third-order valence-corrected chi connectivity index (χ3v) is 3.83. The Morgan fingerprint density at radius 3 is 2.80 bits per heavy atom. The van der Waals surface area contributed by atoms with Crippen LogP contribution in [0, 0.1) is 0 Å². The third-order valence-electron chi connectivity index (χ3n) is 2.62. The van der Waals surface area contributed by atoms with Crippen LogP contribution in [-0.2, 0) is 4.79 Å². The lowest BCUT2D eigenvalue weighted by Gasteiger charge is -2.14. The second kappa shape index (κ2) is 6.62. The monoisotopic (exact) mass is 311 g/mol. The summed E-state index contributed by atoms with van der Waals surface area (Å²) in [6.07, 6.45) is 1.39. The van der Waals surface area contributed by atoms with Crippen LogP contribution in [-0.4, -0.2) is 26.5 Å². The van der Waals surface area contributed by atoms with E-state index in [1.54, 1.807) is 12.1 Å². The van der Waals surface area contributed by atoms with Gasteiger partial charge >= 0.3 is 0 Å². The number of nitrogens with one attached hydrogen (secondary N) is 1. The summed E-state index contributed by atoms with van der Waals surface area (Å²) in [5, 5.41) is 11.5. The molecule has 0 fully saturated rings. The Kier molecular flexibility index (Phi) is 4.86. The zero-order valence-corrected chi connectivity index (χ0v) is 12.4. The SMILES string of the molecule is C[C@@H](NC(=O)CSc1nncn1N)c1ccc(Cl)cc1. The average Bonchev–Trinajstić information content (AvgIpc) is 2.82. The van der Waals surface area contributed by atoms with E-state index in [0.717, 1.165) is 5.56 Å². The van der Waals surface area contributed by atoms with Gasteiger partial charge in [-0.3, -0.25) is 4.79 Å². The van der Waals surface area contributed by atoms with E-state index in [0.29, 0.717) is 10.2 Å². The molecule has 0 unspecified atom stereocenters. The molecule has 8 heteroatoms. The van der Waals surface area contributed by atoms with E-state index in [4.69, 9.17) is 17.4 Å². The molecule has 0 saturated carbocycles. The molecule has 0 spiro atoms. The summed E-state index contributed by atoms with van der Waals surface area (Å²) in [7, 11) is 0. The van der Waals surface area contributed by atoms with Crippen molar-refractivity contribution in [3.63, 3.8) is 0 Å². The van der Waals surface area contributed by atoms with Gasteiger partial charge in [-0.25, -0.2) is 4.68 Å². The quantitative estimate of drug-likeness (QED) is 0.647. The van der Waals surface area contributed by atoms with Crippen molar-refractivity contribution in [2.75, 3.05) is 11.6 Å². The number of hydrogen-bond donors (Lipinski definition) is 2. The second-order valence-corrected chi connectivity index (χ2v) is 5.53. The summed E-state index contributed by atoms with van der Waals surface area (Å²) in [4.78, 5) is 11.8. The Morgan fingerprint density at radius 1 is 1.50 bits per heavy atom. The van der Waals surface area contributed by atoms with Crippen molar-refractivity contribution in [1.29, 1.82) is 0 Å². The Balaban J connectivity index is 1.85. The van der Waals surface area contributed by atoms with Crippen LogP contribution < -0.4 is 11.2 Å². The number of nitrogen functional groups attached to an aromatic ring is 1. The predicted molar refractivity (Wildman–Crippen MR) is 78.9 cm³/mol. The molecule has 1 amide bonds. The molecule has 1 atom stereocenters. The van der Waals surface area contributed by atoms with Crippen molar-refractivity contribution >= 4 is 29.3 Å². The molecular formula is C12H14ClN5OS. The van der Waals surface area contributed by atoms with Gasteiger partial charge in [0.15, 0.2) is 0 Å². The fourth-order valence-electron chi connectivity index (χ4n) is 1.58. The lowest BCUT2D eigenvalue weighted by molar-refractivity contribution is -0.119. The van der Waals surface area contributed by atoms with E-state index >= 15 is 0 Å². The van der Waals surface area contributed by atoms with Crippen LogP contribution in [0.25, 0.3) is 0 Å². The van der Waals surface area contributed by atoms with Crippen LogP contribution in [0.15, 0.2) is 35.7 Å². The molecule has 1 aromatic carbocycles. The maximum Gasteiger partial charge on any atom is 0.230 e. The van der Waals surface area contributed by atoms with Crippen molar-refractivity contribution in [3.05, 3.63) is 41.2 Å². The van der Waals surface area contributed by atoms with Gasteiger partial charge in [-0.05, 0) is 24.6 Å². The molecule has 1 heterocycles. The Labute approximate surface area is 125 Å². The van der Waals surface area contributed by atoms with Gasteiger partial charge in [-0.15, -0.1) is 10.2 Å². The van der Waals surface area contributed by atoms with Crippen molar-refractivity contribution in [1.82, 2.24) is 20.2 Å². The molecular weight excluding hydrogens is 298 g/mol. The first-order valence-corrected chi connectivity index (χ1v) is 7.25. The number of rotatable bonds is 5. The highest BCUT2D eigenvalue weighted by atomic mass is 35.5. The molecule has 6 nitrogen and oxygen atoms in total. The van der Waals surface area contributed by atoms with E-state index in [1.807, 2.05) is 19.1 Å². The topological polar surface area (TPSA) is 85.8 Å². The van der Waals surface area contributed by atoms with Gasteiger partial charge in [0.2, 0.25) is 11.1 Å². The predicted octanol–water partition coefficient (Wildman–Crippen LogP) is 1.61. The maximum atomic E-state index is 11.8. The van der Waals surface area contributed by atoms with Gasteiger partial charge < -0.3 is 11.2 Å². The minimum absolute atomic E-state index is 0.0869. The van der Waals surface area contributed by atoms with Crippen LogP contribution in [0.1, 0.15) is 18.5 Å². The van der Waals surface area contributed by atoms with Crippen molar-refractivity contribution in [2.24, 2.45) is 0 Å². The van der Waals surface area contributed by atoms with E-state index in [1.165, 1.54) is 22.8 Å². The van der Waals surface area contributed by atoms with Crippen LogP contribution in [0.3, 0.4) is 0 Å². The smallest absolute Gasteiger partial charge is 0.230 e. The number of benzene rings is 1. The van der Waals surface area contributed by atoms with Crippen molar-refractivity contribution in [2.45, 2.75) is 18.1 Å². The number of carbonyl (C=O) groups excluding carboxylic acids is 1. The lowest BCUT2D eigenvalue weighted by Crippen LogP contribution is -2.28. The van der Waals surface area contributed by atoms with Gasteiger partial charge in [0, 0.05) is 5.02 Å². The van der Waals surface area contributed by atoms with Crippen LogP contribution in [0.4, 0.5) is 0 Å². The highest BCUT2D eigenvalue weighted by molar-refractivity contribution is 7.99. The molecule has 0 radical (unpaired) electrons. The van der Waals surface area contributed by atoms with Crippen LogP contribution >= 0.6 is 23.4 Å². The maximum absolute atomic E-state index is 11.8. The molecule has 0 aliphatic heterocycles. The summed E-state index contributed by atoms with van der Waals surface area (Å²) in [6, 6.07) is 7.28. The standard InChI is InChI=1S/C12H14ClN5OS/c1-8(9-2-4-10(13)5-3-9)16-11(19)6-20-12-17-15-7-18(12)14/h2-5,7-8H,6,14H2,1H3,(H,16,19)/t8-/m1/s1. The Morgan fingerprint density at radius 2 is 2.20 bits per heavy atom. The zero-order chi connectivity index (χ0) is 14.5. The van der Waals surface area contributed by atoms with E-state index in [-0.39, 0.29) is 17.7 Å². The van der Waals surface area contributed by atoms with E-state index in [9.17, 15) is 4.79 Å². The number of nitrogens with two attached hydrogens (primary N) is 1. The Hall–Kier alpha value is -1.73. The number of hydrogen-bond acceptors (Lipinski definition) is 5. The summed E-state index contributed by atoms with van der Waals surface area (Å²) in [5.74, 6) is 5.69. The number of carbonyl (C=O) groups is 1. The molecule has 0 bridgehead atoms. The van der Waals surface area contributed by atoms with Gasteiger partial charge in [0.05, 0.1) is 11.8 Å². The Bertz CT molecular complexity index is 586. The fourth-order valence-corrected chi connectivity index (χ4v) is 2.35. The minimum Gasteiger partial charge on any atom is -0.349 e. The highest BCUT2D eigenvalue weighted by Gasteiger charge is 2.11. The first-order chi connectivity index (χ1) is 9.56. The van der Waals surface area contributed by atoms with E-state index in [2.05, 4.69) is 15.5 Å². The first kappa shape index (κ1) is 14.7. The molecule has 106 valence electrons. The third kappa shape index (κ3) is 3.88. The number of thioether (sulfide) groups is 1. The van der Waals surface area contributed by atoms with Gasteiger partial charge in [0.1, 0.15) is 6.33 Å². The zero-order valence-electron chi connectivity index (χ0n) is 10.8. The number of halogens is 1. The van der Waals surface area contributed by atoms with Crippen LogP contribution in [0.2, 0.25) is 5.02 Å². The second-order valence-electron chi connectivity index (χ2n) is 4.15. The molecule has 3 N–H and O–H groups in total. The molecule has 2 aromatic rings. The van der Waals surface area contributed by atoms with Crippen molar-refractivity contribution in [3.8, 4) is 0 Å². The van der Waals surface area contributed by atoms with Gasteiger partial charge in [0.25, 0.3) is 0 Å². The summed E-state index contributed by atoms with van der Waals surface area (Å²) < 4.78 is 1.28. The van der Waals surface area contributed by atoms with E-state index < -0.39 is 0 Å². The molecule has 0 aliphatic carbocycles. The molecule has 0 saturated heterocycles. The summed E-state index contributed by atoms with van der Waals surface area (Å²) in [5.41, 5.74) is 0.995. The van der Waals surface area contributed by atoms with Gasteiger partial charge in [-0.1, -0.05) is 35.5 Å². The average molecular weight is 312 g/mol. The normalized spacial score (nSPS) is 12.1. The number of nitrogens with zero attached hydrogens (tertiary/aromatic N) is 3. The fraction of sp³-hybridized carbons (Fsp3) is 0.250. The van der Waals surface area contributed by atoms with Gasteiger partial charge in [-0.2, -0.15) is 0 Å². The van der Waals surface area contributed by atoms with Crippen molar-refractivity contribution < 1.29 is 4.79 Å². The highest BCUT2D eigenvalue weighted by Crippen LogP contribution is 2.17. The molecule has 0 aliphatic rings. The number of aromatic nitrogens is 3. The van der Waals surface area contributed by atoms with Crippen LogP contribution in [0.5, 0.6) is 0 Å². The largest absolute Gasteiger partial charge is 0.349 e. The first-order valence-electron chi connectivity index (χ1n) is 5.89. The molecule has 2 rings (SSSR count).